The first-order valence-electron chi connectivity index (χ1n) is 8.10. The highest BCUT2D eigenvalue weighted by Gasteiger charge is 2.26. The van der Waals surface area contributed by atoms with Crippen molar-refractivity contribution in [2.75, 3.05) is 21.0 Å². The SMILES string of the molecule is COc1ccc(C[C@@H]2CC(c3cc(OC)c4c(c3)OCO4)=NO2)cc1. The van der Waals surface area contributed by atoms with Gasteiger partial charge in [-0.25, -0.2) is 0 Å². The smallest absolute Gasteiger partial charge is 0.231 e. The van der Waals surface area contributed by atoms with Gasteiger partial charge in [0.2, 0.25) is 12.5 Å². The summed E-state index contributed by atoms with van der Waals surface area (Å²) >= 11 is 0. The lowest BCUT2D eigenvalue weighted by Crippen LogP contribution is -2.12. The minimum Gasteiger partial charge on any atom is -0.497 e. The molecule has 2 heterocycles. The number of methoxy groups -OCH3 is 2. The quantitative estimate of drug-likeness (QED) is 0.836. The molecule has 1 atom stereocenters. The molecule has 0 saturated heterocycles. The summed E-state index contributed by atoms with van der Waals surface area (Å²) in [6.45, 7) is 0.207. The Hall–Kier alpha value is -2.89. The van der Waals surface area contributed by atoms with E-state index in [0.717, 1.165) is 29.9 Å². The van der Waals surface area contributed by atoms with Gasteiger partial charge in [0.05, 0.1) is 19.9 Å². The van der Waals surface area contributed by atoms with Gasteiger partial charge in [-0.3, -0.25) is 0 Å². The van der Waals surface area contributed by atoms with Crippen molar-refractivity contribution in [3.05, 3.63) is 47.5 Å². The van der Waals surface area contributed by atoms with E-state index in [0.29, 0.717) is 17.2 Å². The van der Waals surface area contributed by atoms with Crippen molar-refractivity contribution in [2.24, 2.45) is 5.16 Å². The number of hydrogen-bond donors (Lipinski definition) is 0. The highest BCUT2D eigenvalue weighted by Crippen LogP contribution is 2.42. The van der Waals surface area contributed by atoms with Gasteiger partial charge in [-0.05, 0) is 29.8 Å². The van der Waals surface area contributed by atoms with Crippen LogP contribution in [0.4, 0.5) is 0 Å². The van der Waals surface area contributed by atoms with Crippen molar-refractivity contribution < 1.29 is 23.8 Å². The summed E-state index contributed by atoms with van der Waals surface area (Å²) < 4.78 is 21.5. The summed E-state index contributed by atoms with van der Waals surface area (Å²) in [5.74, 6) is 2.81. The van der Waals surface area contributed by atoms with E-state index in [9.17, 15) is 0 Å². The summed E-state index contributed by atoms with van der Waals surface area (Å²) in [4.78, 5) is 5.62. The van der Waals surface area contributed by atoms with Crippen LogP contribution in [0.1, 0.15) is 17.5 Å². The normalized spacial score (nSPS) is 17.8. The number of hydrogen-bond acceptors (Lipinski definition) is 6. The maximum absolute atomic E-state index is 5.62. The fraction of sp³-hybridized carbons (Fsp3) is 0.316. The number of benzene rings is 2. The minimum atomic E-state index is 0.0137. The molecule has 0 fully saturated rings. The average Bonchev–Trinajstić information content (AvgIpc) is 3.30. The summed E-state index contributed by atoms with van der Waals surface area (Å²) in [6.07, 6.45) is 1.54. The molecule has 0 bridgehead atoms. The van der Waals surface area contributed by atoms with Crippen molar-refractivity contribution in [3.63, 3.8) is 0 Å². The Morgan fingerprint density at radius 1 is 1.08 bits per heavy atom. The maximum Gasteiger partial charge on any atom is 0.231 e. The second-order valence-electron chi connectivity index (χ2n) is 5.93. The standard InChI is InChI=1S/C19H19NO5/c1-21-14-5-3-12(4-6-14)7-15-10-16(20-25-15)13-8-17(22-2)19-18(9-13)23-11-24-19/h3-6,8-9,15H,7,10-11H2,1-2H3/t15-/m1/s1. The Labute approximate surface area is 145 Å². The predicted octanol–water partition coefficient (Wildman–Crippen LogP) is 3.17. The average molecular weight is 341 g/mol. The molecule has 2 aromatic rings. The lowest BCUT2D eigenvalue weighted by atomic mass is 9.99. The first kappa shape index (κ1) is 15.6. The molecule has 4 rings (SSSR count). The molecule has 0 aliphatic carbocycles. The summed E-state index contributed by atoms with van der Waals surface area (Å²) in [5.41, 5.74) is 3.00. The van der Waals surface area contributed by atoms with Gasteiger partial charge in [-0.15, -0.1) is 0 Å². The third-order valence-electron chi connectivity index (χ3n) is 4.35. The Bertz CT molecular complexity index is 800. The van der Waals surface area contributed by atoms with E-state index in [2.05, 4.69) is 5.16 Å². The van der Waals surface area contributed by atoms with Gasteiger partial charge in [0.1, 0.15) is 11.9 Å². The molecule has 2 aliphatic rings. The fourth-order valence-electron chi connectivity index (χ4n) is 3.03. The topological polar surface area (TPSA) is 58.5 Å². The zero-order valence-electron chi connectivity index (χ0n) is 14.2. The Morgan fingerprint density at radius 3 is 2.68 bits per heavy atom. The van der Waals surface area contributed by atoms with Gasteiger partial charge in [0.25, 0.3) is 0 Å². The van der Waals surface area contributed by atoms with E-state index in [1.165, 1.54) is 5.56 Å². The molecular weight excluding hydrogens is 322 g/mol. The van der Waals surface area contributed by atoms with Crippen LogP contribution in [-0.4, -0.2) is 32.8 Å². The van der Waals surface area contributed by atoms with E-state index < -0.39 is 0 Å². The van der Waals surface area contributed by atoms with E-state index in [4.69, 9.17) is 23.8 Å². The van der Waals surface area contributed by atoms with Crippen LogP contribution >= 0.6 is 0 Å². The van der Waals surface area contributed by atoms with E-state index in [-0.39, 0.29) is 12.9 Å². The molecule has 0 N–H and O–H groups in total. The minimum absolute atomic E-state index is 0.0137. The van der Waals surface area contributed by atoms with Crippen molar-refractivity contribution >= 4 is 5.71 Å². The van der Waals surface area contributed by atoms with Crippen LogP contribution in [0.25, 0.3) is 0 Å². The van der Waals surface area contributed by atoms with Crippen LogP contribution in [0.2, 0.25) is 0 Å². The van der Waals surface area contributed by atoms with Crippen molar-refractivity contribution in [1.29, 1.82) is 0 Å². The molecule has 0 amide bonds. The van der Waals surface area contributed by atoms with Crippen molar-refractivity contribution in [3.8, 4) is 23.0 Å². The van der Waals surface area contributed by atoms with Gasteiger partial charge >= 0.3 is 0 Å². The van der Waals surface area contributed by atoms with Crippen LogP contribution in [-0.2, 0) is 11.3 Å². The first-order chi connectivity index (χ1) is 12.3. The largest absolute Gasteiger partial charge is 0.497 e. The van der Waals surface area contributed by atoms with Gasteiger partial charge < -0.3 is 23.8 Å². The Morgan fingerprint density at radius 2 is 1.92 bits per heavy atom. The van der Waals surface area contributed by atoms with Crippen molar-refractivity contribution in [1.82, 2.24) is 0 Å². The first-order valence-corrected chi connectivity index (χ1v) is 8.10. The van der Waals surface area contributed by atoms with Gasteiger partial charge in [0.15, 0.2) is 11.5 Å². The van der Waals surface area contributed by atoms with E-state index in [1.807, 2.05) is 36.4 Å². The number of oxime groups is 1. The maximum atomic E-state index is 5.62. The highest BCUT2D eigenvalue weighted by molar-refractivity contribution is 6.02. The molecule has 0 saturated carbocycles. The second kappa shape index (κ2) is 6.55. The molecule has 6 heteroatoms. The molecule has 0 unspecified atom stereocenters. The van der Waals surface area contributed by atoms with Crippen LogP contribution in [0, 0.1) is 0 Å². The Kier molecular flexibility index (Phi) is 4.09. The predicted molar refractivity (Wildman–Crippen MR) is 91.8 cm³/mol. The number of nitrogens with zero attached hydrogens (tertiary/aromatic N) is 1. The summed E-state index contributed by atoms with van der Waals surface area (Å²) in [5, 5.41) is 4.26. The second-order valence-corrected chi connectivity index (χ2v) is 5.93. The lowest BCUT2D eigenvalue weighted by molar-refractivity contribution is 0.0859. The van der Waals surface area contributed by atoms with Crippen LogP contribution in [0.15, 0.2) is 41.6 Å². The zero-order valence-corrected chi connectivity index (χ0v) is 14.2. The number of rotatable bonds is 5. The monoisotopic (exact) mass is 341 g/mol. The molecule has 2 aliphatic heterocycles. The van der Waals surface area contributed by atoms with Crippen LogP contribution < -0.4 is 18.9 Å². The molecular formula is C19H19NO5. The van der Waals surface area contributed by atoms with Crippen LogP contribution in [0.5, 0.6) is 23.0 Å². The highest BCUT2D eigenvalue weighted by atomic mass is 16.7. The van der Waals surface area contributed by atoms with Gasteiger partial charge in [-0.2, -0.15) is 0 Å². The van der Waals surface area contributed by atoms with E-state index >= 15 is 0 Å². The number of ether oxygens (including phenoxy) is 4. The molecule has 130 valence electrons. The third-order valence-corrected chi connectivity index (χ3v) is 4.35. The van der Waals surface area contributed by atoms with Crippen LogP contribution in [0.3, 0.4) is 0 Å². The molecule has 0 aromatic heterocycles. The number of fused-ring (bicyclic) bond motifs is 1. The fourth-order valence-corrected chi connectivity index (χ4v) is 3.03. The molecule has 0 spiro atoms. The lowest BCUT2D eigenvalue weighted by Gasteiger charge is -2.09. The summed E-state index contributed by atoms with van der Waals surface area (Å²) in [7, 11) is 3.27. The third kappa shape index (κ3) is 3.07. The molecule has 2 aromatic carbocycles. The molecule has 0 radical (unpaired) electrons. The van der Waals surface area contributed by atoms with Gasteiger partial charge in [0, 0.05) is 18.4 Å². The Balaban J connectivity index is 1.47. The zero-order chi connectivity index (χ0) is 17.2. The van der Waals surface area contributed by atoms with Gasteiger partial charge in [-0.1, -0.05) is 17.3 Å². The molecule has 25 heavy (non-hydrogen) atoms. The molecule has 6 nitrogen and oxygen atoms in total. The van der Waals surface area contributed by atoms with E-state index in [1.54, 1.807) is 14.2 Å². The summed E-state index contributed by atoms with van der Waals surface area (Å²) in [6, 6.07) is 11.8. The van der Waals surface area contributed by atoms with Crippen molar-refractivity contribution in [2.45, 2.75) is 18.9 Å².